The van der Waals surface area contributed by atoms with Gasteiger partial charge in [-0.05, 0) is 25.3 Å². The van der Waals surface area contributed by atoms with Gasteiger partial charge >= 0.3 is 5.97 Å². The van der Waals surface area contributed by atoms with Crippen LogP contribution < -0.4 is 5.32 Å². The van der Waals surface area contributed by atoms with Crippen LogP contribution in [0.5, 0.6) is 0 Å². The first-order valence-electron chi connectivity index (χ1n) is 8.12. The van der Waals surface area contributed by atoms with E-state index in [-0.39, 0.29) is 18.1 Å². The number of carbonyl (C=O) groups excluding carboxylic acids is 1. The first-order chi connectivity index (χ1) is 12.0. The Hall–Kier alpha value is -2.25. The van der Waals surface area contributed by atoms with Crippen LogP contribution in [0.3, 0.4) is 0 Å². The van der Waals surface area contributed by atoms with Crippen LogP contribution in [0.4, 0.5) is 0 Å². The second-order valence-electron chi connectivity index (χ2n) is 6.17. The minimum Gasteiger partial charge on any atom is -0.476 e. The third-order valence-electron chi connectivity index (χ3n) is 4.56. The van der Waals surface area contributed by atoms with Gasteiger partial charge in [0.25, 0.3) is 0 Å². The fraction of sp³-hybridized carbons (Fsp3) is 0.389. The van der Waals surface area contributed by atoms with Gasteiger partial charge in [0.1, 0.15) is 5.01 Å². The molecule has 2 heterocycles. The number of nitrogens with zero attached hydrogens (tertiary/aromatic N) is 1. The van der Waals surface area contributed by atoms with Crippen molar-refractivity contribution in [3.63, 3.8) is 0 Å². The number of nitrogens with one attached hydrogen (secondary N) is 1. The number of aromatic carboxylic acids is 1. The molecule has 1 saturated heterocycles. The molecule has 1 aromatic carbocycles. The zero-order chi connectivity index (χ0) is 17.9. The average Bonchev–Trinajstić information content (AvgIpc) is 3.10. The van der Waals surface area contributed by atoms with Crippen LogP contribution in [0, 0.1) is 6.92 Å². The number of ether oxygens (including phenoxy) is 1. The molecule has 1 fully saturated rings. The molecule has 1 aliphatic rings. The highest BCUT2D eigenvalue weighted by atomic mass is 32.1. The average molecular weight is 360 g/mol. The number of thiazole rings is 1. The molecule has 0 unspecified atom stereocenters. The number of hydrogen-bond acceptors (Lipinski definition) is 5. The van der Waals surface area contributed by atoms with E-state index < -0.39 is 11.4 Å². The molecule has 1 aliphatic heterocycles. The SMILES string of the molecule is Cc1ccc(C2(C(=O)NCc3nc(C(=O)O)cs3)CCOCC2)cc1. The van der Waals surface area contributed by atoms with E-state index in [1.54, 1.807) is 0 Å². The van der Waals surface area contributed by atoms with Gasteiger partial charge in [-0.3, -0.25) is 4.79 Å². The number of aryl methyl sites for hydroxylation is 1. The molecule has 0 aliphatic carbocycles. The van der Waals surface area contributed by atoms with E-state index in [1.807, 2.05) is 31.2 Å². The molecule has 132 valence electrons. The van der Waals surface area contributed by atoms with Crippen LogP contribution >= 0.6 is 11.3 Å². The lowest BCUT2D eigenvalue weighted by atomic mass is 9.73. The van der Waals surface area contributed by atoms with E-state index in [4.69, 9.17) is 9.84 Å². The summed E-state index contributed by atoms with van der Waals surface area (Å²) in [6, 6.07) is 8.04. The number of carboxylic acids is 1. The number of amides is 1. The van der Waals surface area contributed by atoms with Crippen molar-refractivity contribution in [1.29, 1.82) is 0 Å². The summed E-state index contributed by atoms with van der Waals surface area (Å²) in [6.07, 6.45) is 1.25. The number of carboxylic acid groups (broad SMARTS) is 1. The predicted octanol–water partition coefficient (Wildman–Crippen LogP) is 2.51. The first kappa shape index (κ1) is 17.6. The molecule has 7 heteroatoms. The monoisotopic (exact) mass is 360 g/mol. The third kappa shape index (κ3) is 3.72. The number of benzene rings is 1. The third-order valence-corrected chi connectivity index (χ3v) is 5.40. The van der Waals surface area contributed by atoms with Crippen LogP contribution in [0.25, 0.3) is 0 Å². The van der Waals surface area contributed by atoms with E-state index in [0.29, 0.717) is 31.1 Å². The molecule has 0 bridgehead atoms. The Bertz CT molecular complexity index is 764. The highest BCUT2D eigenvalue weighted by molar-refractivity contribution is 7.09. The Kier molecular flexibility index (Phi) is 5.15. The summed E-state index contributed by atoms with van der Waals surface area (Å²) in [5, 5.41) is 13.9. The summed E-state index contributed by atoms with van der Waals surface area (Å²) >= 11 is 1.23. The Labute approximate surface area is 149 Å². The molecular weight excluding hydrogens is 340 g/mol. The van der Waals surface area contributed by atoms with Crippen molar-refractivity contribution in [1.82, 2.24) is 10.3 Å². The molecule has 6 nitrogen and oxygen atoms in total. The van der Waals surface area contributed by atoms with Crippen LogP contribution in [-0.2, 0) is 21.5 Å². The molecule has 0 saturated carbocycles. The van der Waals surface area contributed by atoms with Crippen LogP contribution in [-0.4, -0.2) is 35.2 Å². The van der Waals surface area contributed by atoms with E-state index >= 15 is 0 Å². The maximum atomic E-state index is 13.0. The molecule has 0 radical (unpaired) electrons. The molecule has 1 aromatic heterocycles. The fourth-order valence-corrected chi connectivity index (χ4v) is 3.76. The van der Waals surface area contributed by atoms with E-state index in [0.717, 1.165) is 11.1 Å². The molecule has 0 atom stereocenters. The van der Waals surface area contributed by atoms with E-state index in [2.05, 4.69) is 10.3 Å². The lowest BCUT2D eigenvalue weighted by Crippen LogP contribution is -2.47. The highest BCUT2D eigenvalue weighted by Gasteiger charge is 2.41. The van der Waals surface area contributed by atoms with Crippen molar-refractivity contribution < 1.29 is 19.4 Å². The number of hydrogen-bond donors (Lipinski definition) is 2. The Morgan fingerprint density at radius 1 is 1.28 bits per heavy atom. The van der Waals surface area contributed by atoms with Gasteiger partial charge in [0.05, 0.1) is 12.0 Å². The normalized spacial score (nSPS) is 16.4. The summed E-state index contributed by atoms with van der Waals surface area (Å²) in [5.41, 5.74) is 1.53. The highest BCUT2D eigenvalue weighted by Crippen LogP contribution is 2.35. The van der Waals surface area contributed by atoms with Gasteiger partial charge in [0.2, 0.25) is 5.91 Å². The fourth-order valence-electron chi connectivity index (χ4n) is 3.05. The van der Waals surface area contributed by atoms with Crippen LogP contribution in [0.1, 0.15) is 39.5 Å². The number of carbonyl (C=O) groups is 2. The molecule has 2 N–H and O–H groups in total. The second kappa shape index (κ2) is 7.33. The van der Waals surface area contributed by atoms with Crippen molar-refractivity contribution in [2.45, 2.75) is 31.7 Å². The van der Waals surface area contributed by atoms with Gasteiger partial charge in [-0.25, -0.2) is 9.78 Å². The van der Waals surface area contributed by atoms with Gasteiger partial charge in [-0.15, -0.1) is 11.3 Å². The maximum Gasteiger partial charge on any atom is 0.355 e. The first-order valence-corrected chi connectivity index (χ1v) is 9.00. The lowest BCUT2D eigenvalue weighted by Gasteiger charge is -2.36. The number of aromatic nitrogens is 1. The van der Waals surface area contributed by atoms with Crippen molar-refractivity contribution in [2.75, 3.05) is 13.2 Å². The standard InChI is InChI=1S/C18H20N2O4S/c1-12-2-4-13(5-3-12)18(6-8-24-9-7-18)17(23)19-10-15-20-14(11-25-15)16(21)22/h2-5,11H,6-10H2,1H3,(H,19,23)(H,21,22). The summed E-state index contributed by atoms with van der Waals surface area (Å²) in [6.45, 7) is 3.33. The van der Waals surface area contributed by atoms with Crippen molar-refractivity contribution in [3.8, 4) is 0 Å². The van der Waals surface area contributed by atoms with Crippen molar-refractivity contribution >= 4 is 23.2 Å². The molecule has 2 aromatic rings. The van der Waals surface area contributed by atoms with Gasteiger partial charge in [0, 0.05) is 18.6 Å². The van der Waals surface area contributed by atoms with E-state index in [1.165, 1.54) is 16.7 Å². The largest absolute Gasteiger partial charge is 0.476 e. The van der Waals surface area contributed by atoms with Crippen molar-refractivity contribution in [3.05, 3.63) is 51.5 Å². The molecule has 25 heavy (non-hydrogen) atoms. The summed E-state index contributed by atoms with van der Waals surface area (Å²) < 4.78 is 5.46. The molecular formula is C18H20N2O4S. The van der Waals surface area contributed by atoms with Gasteiger partial charge in [0.15, 0.2) is 5.69 Å². The summed E-state index contributed by atoms with van der Waals surface area (Å²) in [5.74, 6) is -1.12. The zero-order valence-corrected chi connectivity index (χ0v) is 14.8. The van der Waals surface area contributed by atoms with Crippen LogP contribution in [0.15, 0.2) is 29.6 Å². The minimum absolute atomic E-state index is 0.00793. The predicted molar refractivity (Wildman–Crippen MR) is 93.8 cm³/mol. The van der Waals surface area contributed by atoms with Gasteiger partial charge in [-0.2, -0.15) is 0 Å². The summed E-state index contributed by atoms with van der Waals surface area (Å²) in [7, 11) is 0. The minimum atomic E-state index is -1.06. The topological polar surface area (TPSA) is 88.5 Å². The smallest absolute Gasteiger partial charge is 0.355 e. The number of rotatable bonds is 5. The lowest BCUT2D eigenvalue weighted by molar-refractivity contribution is -0.130. The van der Waals surface area contributed by atoms with Gasteiger partial charge < -0.3 is 15.2 Å². The zero-order valence-electron chi connectivity index (χ0n) is 13.9. The molecule has 0 spiro atoms. The Balaban J connectivity index is 1.77. The molecule has 1 amide bonds. The summed E-state index contributed by atoms with van der Waals surface area (Å²) in [4.78, 5) is 27.9. The van der Waals surface area contributed by atoms with Crippen molar-refractivity contribution in [2.24, 2.45) is 0 Å². The second-order valence-corrected chi connectivity index (χ2v) is 7.12. The van der Waals surface area contributed by atoms with Crippen LogP contribution in [0.2, 0.25) is 0 Å². The Morgan fingerprint density at radius 3 is 2.56 bits per heavy atom. The quantitative estimate of drug-likeness (QED) is 0.855. The maximum absolute atomic E-state index is 13.0. The van der Waals surface area contributed by atoms with Gasteiger partial charge in [-0.1, -0.05) is 29.8 Å². The van der Waals surface area contributed by atoms with E-state index in [9.17, 15) is 9.59 Å². The Morgan fingerprint density at radius 2 is 1.96 bits per heavy atom. The molecule has 3 rings (SSSR count).